The molecule has 0 unspecified atom stereocenters. The minimum Gasteiger partial charge on any atom is -0.398 e. The van der Waals surface area contributed by atoms with Crippen LogP contribution in [0, 0.1) is 18.6 Å². The third-order valence-electron chi connectivity index (χ3n) is 2.80. The molecule has 8 heteroatoms. The zero-order valence-corrected chi connectivity index (χ0v) is 13.2. The molecule has 0 spiro atoms. The summed E-state index contributed by atoms with van der Waals surface area (Å²) >= 11 is 3.00. The fourth-order valence-corrected chi connectivity index (χ4v) is 3.25. The molecule has 2 aromatic rings. The number of anilines is 2. The van der Waals surface area contributed by atoms with E-state index in [1.54, 1.807) is 0 Å². The molecule has 4 nitrogen and oxygen atoms in total. The number of aryl methyl sites for hydroxylation is 1. The van der Waals surface area contributed by atoms with Gasteiger partial charge >= 0.3 is 0 Å². The fraction of sp³-hybridized carbons (Fsp3) is 0.0769. The summed E-state index contributed by atoms with van der Waals surface area (Å²) in [5, 5.41) is 0. The number of nitrogens with two attached hydrogens (primary N) is 1. The van der Waals surface area contributed by atoms with Crippen molar-refractivity contribution in [2.24, 2.45) is 0 Å². The largest absolute Gasteiger partial charge is 0.398 e. The molecule has 0 aromatic heterocycles. The summed E-state index contributed by atoms with van der Waals surface area (Å²) in [6.07, 6.45) is 0. The molecule has 0 radical (unpaired) electrons. The highest BCUT2D eigenvalue weighted by molar-refractivity contribution is 9.10. The van der Waals surface area contributed by atoms with E-state index < -0.39 is 26.6 Å². The van der Waals surface area contributed by atoms with Gasteiger partial charge in [0.05, 0.1) is 5.69 Å². The number of benzene rings is 2. The number of sulfonamides is 1. The summed E-state index contributed by atoms with van der Waals surface area (Å²) in [6.45, 7) is 1.53. The first-order chi connectivity index (χ1) is 9.72. The number of hydrogen-bond donors (Lipinski definition) is 2. The lowest BCUT2D eigenvalue weighted by Crippen LogP contribution is -2.16. The van der Waals surface area contributed by atoms with E-state index in [0.717, 1.165) is 18.2 Å². The highest BCUT2D eigenvalue weighted by Gasteiger charge is 2.22. The molecule has 0 atom stereocenters. The molecule has 0 aliphatic rings. The second kappa shape index (κ2) is 5.61. The normalized spacial score (nSPS) is 11.4. The van der Waals surface area contributed by atoms with E-state index in [1.165, 1.54) is 19.1 Å². The molecular formula is C13H11BrF2N2O2S. The van der Waals surface area contributed by atoms with Crippen LogP contribution in [0.4, 0.5) is 20.2 Å². The molecule has 0 saturated heterocycles. The van der Waals surface area contributed by atoms with Crippen molar-refractivity contribution in [3.8, 4) is 0 Å². The van der Waals surface area contributed by atoms with Crippen molar-refractivity contribution in [3.05, 3.63) is 52.0 Å². The van der Waals surface area contributed by atoms with Gasteiger partial charge in [0, 0.05) is 10.2 Å². The maximum Gasteiger partial charge on any atom is 0.264 e. The zero-order chi connectivity index (χ0) is 15.8. The summed E-state index contributed by atoms with van der Waals surface area (Å²) in [6, 6.07) is 6.00. The van der Waals surface area contributed by atoms with E-state index in [1.807, 2.05) is 4.72 Å². The van der Waals surface area contributed by atoms with Crippen molar-refractivity contribution in [1.82, 2.24) is 0 Å². The van der Waals surface area contributed by atoms with Crippen LogP contribution in [-0.2, 0) is 10.0 Å². The predicted octanol–water partition coefficient (Wildman–Crippen LogP) is 3.42. The lowest BCUT2D eigenvalue weighted by atomic mass is 10.2. The van der Waals surface area contributed by atoms with Gasteiger partial charge in [-0.3, -0.25) is 4.72 Å². The van der Waals surface area contributed by atoms with Crippen molar-refractivity contribution in [2.75, 3.05) is 10.5 Å². The summed E-state index contributed by atoms with van der Waals surface area (Å²) in [5.41, 5.74) is 5.77. The van der Waals surface area contributed by atoms with E-state index in [2.05, 4.69) is 15.9 Å². The van der Waals surface area contributed by atoms with Crippen LogP contribution in [0.15, 0.2) is 39.7 Å². The molecule has 0 bridgehead atoms. The summed E-state index contributed by atoms with van der Waals surface area (Å²) in [4.78, 5) is -0.647. The molecule has 0 heterocycles. The Labute approximate surface area is 129 Å². The van der Waals surface area contributed by atoms with Crippen molar-refractivity contribution in [1.29, 1.82) is 0 Å². The first kappa shape index (κ1) is 15.7. The topological polar surface area (TPSA) is 72.2 Å². The number of hydrogen-bond acceptors (Lipinski definition) is 3. The van der Waals surface area contributed by atoms with Gasteiger partial charge in [0.25, 0.3) is 10.0 Å². The lowest BCUT2D eigenvalue weighted by molar-refractivity contribution is 0.569. The van der Waals surface area contributed by atoms with Gasteiger partial charge in [-0.15, -0.1) is 0 Å². The predicted molar refractivity (Wildman–Crippen MR) is 80.5 cm³/mol. The van der Waals surface area contributed by atoms with E-state index >= 15 is 0 Å². The van der Waals surface area contributed by atoms with Gasteiger partial charge in [0.2, 0.25) is 0 Å². The van der Waals surface area contributed by atoms with Gasteiger partial charge in [-0.25, -0.2) is 17.2 Å². The number of halogens is 3. The molecule has 0 fully saturated rings. The average Bonchev–Trinajstić information content (AvgIpc) is 2.38. The Hall–Kier alpha value is -1.67. The minimum absolute atomic E-state index is 0.0574. The SMILES string of the molecule is Cc1cccc(F)c1NS(=O)(=O)c1cc(N)c(Br)cc1F. The van der Waals surface area contributed by atoms with Gasteiger partial charge in [0.15, 0.2) is 0 Å². The van der Waals surface area contributed by atoms with Crippen LogP contribution in [0.3, 0.4) is 0 Å². The molecule has 0 aliphatic carbocycles. The Kier molecular flexibility index (Phi) is 4.20. The van der Waals surface area contributed by atoms with Gasteiger partial charge in [-0.05, 0) is 46.6 Å². The van der Waals surface area contributed by atoms with Crippen molar-refractivity contribution < 1.29 is 17.2 Å². The molecule has 0 aliphatic heterocycles. The summed E-state index contributed by atoms with van der Waals surface area (Å²) < 4.78 is 54.2. The van der Waals surface area contributed by atoms with Crippen molar-refractivity contribution >= 4 is 37.3 Å². The Bertz CT molecular complexity index is 790. The van der Waals surface area contributed by atoms with Gasteiger partial charge < -0.3 is 5.73 Å². The number of para-hydroxylation sites is 1. The molecule has 0 amide bonds. The van der Waals surface area contributed by atoms with Crippen molar-refractivity contribution in [2.45, 2.75) is 11.8 Å². The first-order valence-corrected chi connectivity index (χ1v) is 8.02. The van der Waals surface area contributed by atoms with E-state index in [9.17, 15) is 17.2 Å². The smallest absolute Gasteiger partial charge is 0.264 e. The van der Waals surface area contributed by atoms with Crippen LogP contribution < -0.4 is 10.5 Å². The van der Waals surface area contributed by atoms with Crippen LogP contribution in [0.2, 0.25) is 0 Å². The zero-order valence-electron chi connectivity index (χ0n) is 10.8. The number of nitrogens with one attached hydrogen (secondary N) is 1. The van der Waals surface area contributed by atoms with E-state index in [-0.39, 0.29) is 15.8 Å². The first-order valence-electron chi connectivity index (χ1n) is 5.75. The third-order valence-corrected chi connectivity index (χ3v) is 4.85. The Morgan fingerprint density at radius 1 is 1.19 bits per heavy atom. The number of nitrogen functional groups attached to an aromatic ring is 1. The number of rotatable bonds is 3. The fourth-order valence-electron chi connectivity index (χ4n) is 1.70. The molecule has 2 aromatic carbocycles. The highest BCUT2D eigenvalue weighted by atomic mass is 79.9. The van der Waals surface area contributed by atoms with Crippen LogP contribution >= 0.6 is 15.9 Å². The van der Waals surface area contributed by atoms with Gasteiger partial charge in [0.1, 0.15) is 16.5 Å². The van der Waals surface area contributed by atoms with Crippen LogP contribution in [0.1, 0.15) is 5.56 Å². The highest BCUT2D eigenvalue weighted by Crippen LogP contribution is 2.28. The molecule has 2 rings (SSSR count). The summed E-state index contributed by atoms with van der Waals surface area (Å²) in [7, 11) is -4.29. The third kappa shape index (κ3) is 3.16. The van der Waals surface area contributed by atoms with Gasteiger partial charge in [-0.1, -0.05) is 12.1 Å². The van der Waals surface area contributed by atoms with E-state index in [0.29, 0.717) is 5.56 Å². The van der Waals surface area contributed by atoms with Crippen LogP contribution in [0.5, 0.6) is 0 Å². The summed E-state index contributed by atoms with van der Waals surface area (Å²) in [5.74, 6) is -1.73. The molecule has 112 valence electrons. The van der Waals surface area contributed by atoms with Crippen molar-refractivity contribution in [3.63, 3.8) is 0 Å². The molecular weight excluding hydrogens is 366 g/mol. The average molecular weight is 377 g/mol. The van der Waals surface area contributed by atoms with Crippen LogP contribution in [-0.4, -0.2) is 8.42 Å². The van der Waals surface area contributed by atoms with Gasteiger partial charge in [-0.2, -0.15) is 0 Å². The monoisotopic (exact) mass is 376 g/mol. The second-order valence-electron chi connectivity index (χ2n) is 4.34. The quantitative estimate of drug-likeness (QED) is 0.806. The standard InChI is InChI=1S/C13H11BrF2N2O2S/c1-7-3-2-4-9(15)13(7)18-21(19,20)12-6-11(17)8(14)5-10(12)16/h2-6,18H,17H2,1H3. The maximum atomic E-state index is 13.8. The van der Waals surface area contributed by atoms with Crippen LogP contribution in [0.25, 0.3) is 0 Å². The Morgan fingerprint density at radius 2 is 1.86 bits per heavy atom. The maximum absolute atomic E-state index is 13.8. The second-order valence-corrected chi connectivity index (χ2v) is 6.85. The molecule has 3 N–H and O–H groups in total. The van der Waals surface area contributed by atoms with E-state index in [4.69, 9.17) is 5.73 Å². The molecule has 0 saturated carbocycles. The Morgan fingerprint density at radius 3 is 2.48 bits per heavy atom. The molecule has 21 heavy (non-hydrogen) atoms. The Balaban J connectivity index is 2.51. The minimum atomic E-state index is -4.29. The lowest BCUT2D eigenvalue weighted by Gasteiger charge is -2.12.